The molecule has 0 saturated heterocycles. The first kappa shape index (κ1) is 23.1. The lowest BCUT2D eigenvalue weighted by molar-refractivity contribution is 0.103. The maximum absolute atomic E-state index is 13.6. The van der Waals surface area contributed by atoms with Gasteiger partial charge in [-0.25, -0.2) is 0 Å². The summed E-state index contributed by atoms with van der Waals surface area (Å²) in [6.45, 7) is 13.5. The number of carbonyl (C=O) groups excluding carboxylic acids is 1. The summed E-state index contributed by atoms with van der Waals surface area (Å²) in [6.07, 6.45) is 0. The summed E-state index contributed by atoms with van der Waals surface area (Å²) in [5.74, 6) is 0.0359. The van der Waals surface area contributed by atoms with E-state index in [9.17, 15) is 4.79 Å². The molecule has 2 nitrogen and oxygen atoms in total. The summed E-state index contributed by atoms with van der Waals surface area (Å²) in [5.41, 5.74) is 7.26. The molecule has 0 fully saturated rings. The largest absolute Gasteiger partial charge is 0.308 e. The van der Waals surface area contributed by atoms with E-state index >= 15 is 0 Å². The molecule has 1 heterocycles. The van der Waals surface area contributed by atoms with Crippen LogP contribution < -0.4 is 0 Å². The summed E-state index contributed by atoms with van der Waals surface area (Å²) in [7, 11) is 0. The molecule has 5 aromatic rings. The lowest BCUT2D eigenvalue weighted by Gasteiger charge is -2.19. The number of para-hydroxylation sites is 1. The first-order valence-electron chi connectivity index (χ1n) is 12.3. The van der Waals surface area contributed by atoms with Crippen LogP contribution in [0.1, 0.15) is 68.6 Å². The first-order valence-corrected chi connectivity index (χ1v) is 12.3. The molecule has 35 heavy (non-hydrogen) atoms. The number of nitrogens with zero attached hydrogens (tertiary/aromatic N) is 1. The van der Waals surface area contributed by atoms with Gasteiger partial charge in [0.15, 0.2) is 5.78 Å². The number of ketones is 1. The summed E-state index contributed by atoms with van der Waals surface area (Å²) < 4.78 is 2.26. The van der Waals surface area contributed by atoms with Gasteiger partial charge in [-0.2, -0.15) is 0 Å². The molecule has 0 N–H and O–H groups in total. The standard InChI is InChI=1S/C33H33NO/c1-32(2,3)23-16-18-29-26(20-23)27-21-24(33(4,5)6)17-19-30(27)34(29)28-15-11-10-14-25(28)31(35)22-12-8-7-9-13-22/h7-21H,1-6H3. The lowest BCUT2D eigenvalue weighted by atomic mass is 9.85. The topological polar surface area (TPSA) is 22.0 Å². The maximum Gasteiger partial charge on any atom is 0.195 e. The smallest absolute Gasteiger partial charge is 0.195 e. The van der Waals surface area contributed by atoms with Crippen LogP contribution in [-0.2, 0) is 10.8 Å². The van der Waals surface area contributed by atoms with Crippen molar-refractivity contribution in [1.82, 2.24) is 4.57 Å². The van der Waals surface area contributed by atoms with Crippen molar-refractivity contribution in [3.8, 4) is 5.69 Å². The molecular weight excluding hydrogens is 426 g/mol. The number of rotatable bonds is 3. The second-order valence-electron chi connectivity index (χ2n) is 11.5. The zero-order chi connectivity index (χ0) is 25.0. The number of hydrogen-bond acceptors (Lipinski definition) is 1. The third kappa shape index (κ3) is 4.08. The fraction of sp³-hybridized carbons (Fsp3) is 0.242. The Bertz CT molecular complexity index is 1490. The molecule has 0 aliphatic heterocycles. The van der Waals surface area contributed by atoms with E-state index in [1.807, 2.05) is 48.5 Å². The number of carbonyl (C=O) groups is 1. The van der Waals surface area contributed by atoms with Crippen molar-refractivity contribution in [3.05, 3.63) is 113 Å². The molecule has 0 spiro atoms. The van der Waals surface area contributed by atoms with Crippen LogP contribution in [0.25, 0.3) is 27.5 Å². The van der Waals surface area contributed by atoms with E-state index in [0.717, 1.165) is 16.7 Å². The van der Waals surface area contributed by atoms with Crippen molar-refractivity contribution < 1.29 is 4.79 Å². The third-order valence-electron chi connectivity index (χ3n) is 6.92. The number of aromatic nitrogens is 1. The summed E-state index contributed by atoms with van der Waals surface area (Å²) in [4.78, 5) is 13.6. The predicted octanol–water partition coefficient (Wildman–Crippen LogP) is 8.61. The van der Waals surface area contributed by atoms with Crippen LogP contribution in [0.4, 0.5) is 0 Å². The van der Waals surface area contributed by atoms with Gasteiger partial charge in [-0.15, -0.1) is 0 Å². The van der Waals surface area contributed by atoms with Gasteiger partial charge in [0, 0.05) is 21.9 Å². The fourth-order valence-electron chi connectivity index (χ4n) is 4.82. The predicted molar refractivity (Wildman–Crippen MR) is 148 cm³/mol. The Morgan fingerprint density at radius 1 is 0.600 bits per heavy atom. The van der Waals surface area contributed by atoms with Crippen LogP contribution in [0.15, 0.2) is 91.0 Å². The average molecular weight is 460 g/mol. The highest BCUT2D eigenvalue weighted by atomic mass is 16.1. The second kappa shape index (κ2) is 8.23. The Labute approximate surface area is 208 Å². The molecular formula is C33H33NO. The molecule has 0 aliphatic carbocycles. The highest BCUT2D eigenvalue weighted by Crippen LogP contribution is 2.38. The zero-order valence-corrected chi connectivity index (χ0v) is 21.5. The van der Waals surface area contributed by atoms with Gasteiger partial charge in [-0.05, 0) is 58.4 Å². The monoisotopic (exact) mass is 459 g/mol. The molecule has 0 radical (unpaired) electrons. The van der Waals surface area contributed by atoms with E-state index in [0.29, 0.717) is 11.1 Å². The highest BCUT2D eigenvalue weighted by Gasteiger charge is 2.22. The quantitative estimate of drug-likeness (QED) is 0.248. The maximum atomic E-state index is 13.6. The normalized spacial score (nSPS) is 12.4. The molecule has 0 atom stereocenters. The van der Waals surface area contributed by atoms with Crippen LogP contribution in [0.2, 0.25) is 0 Å². The molecule has 0 bridgehead atoms. The molecule has 0 unspecified atom stereocenters. The Kier molecular flexibility index (Phi) is 5.44. The minimum Gasteiger partial charge on any atom is -0.308 e. The molecule has 4 aromatic carbocycles. The van der Waals surface area contributed by atoms with Crippen molar-refractivity contribution in [1.29, 1.82) is 0 Å². The van der Waals surface area contributed by atoms with Gasteiger partial charge in [0.2, 0.25) is 0 Å². The van der Waals surface area contributed by atoms with Crippen LogP contribution in [0.3, 0.4) is 0 Å². The number of fused-ring (bicyclic) bond motifs is 3. The lowest BCUT2D eigenvalue weighted by Crippen LogP contribution is -2.10. The first-order chi connectivity index (χ1) is 16.6. The molecule has 1 aromatic heterocycles. The van der Waals surface area contributed by atoms with E-state index in [4.69, 9.17) is 0 Å². The van der Waals surface area contributed by atoms with Crippen molar-refractivity contribution in [2.24, 2.45) is 0 Å². The van der Waals surface area contributed by atoms with Crippen molar-refractivity contribution in [3.63, 3.8) is 0 Å². The van der Waals surface area contributed by atoms with Crippen LogP contribution in [0.5, 0.6) is 0 Å². The molecule has 0 amide bonds. The molecule has 176 valence electrons. The second-order valence-corrected chi connectivity index (χ2v) is 11.5. The van der Waals surface area contributed by atoms with E-state index in [1.165, 1.54) is 21.9 Å². The van der Waals surface area contributed by atoms with Crippen LogP contribution >= 0.6 is 0 Å². The zero-order valence-electron chi connectivity index (χ0n) is 21.5. The molecule has 0 aliphatic rings. The van der Waals surface area contributed by atoms with Gasteiger partial charge < -0.3 is 4.57 Å². The summed E-state index contributed by atoms with van der Waals surface area (Å²) >= 11 is 0. The Balaban J connectivity index is 1.85. The highest BCUT2D eigenvalue weighted by molar-refractivity contribution is 6.14. The SMILES string of the molecule is CC(C)(C)c1ccc2c(c1)c1cc(C(C)(C)C)ccc1n2-c1ccccc1C(=O)c1ccccc1. The molecule has 0 saturated carbocycles. The summed E-state index contributed by atoms with van der Waals surface area (Å²) in [6, 6.07) is 31.1. The van der Waals surface area contributed by atoms with Gasteiger partial charge in [0.1, 0.15) is 0 Å². The molecule has 5 rings (SSSR count). The van der Waals surface area contributed by atoms with E-state index in [2.05, 4.69) is 88.6 Å². The van der Waals surface area contributed by atoms with Gasteiger partial charge in [-0.1, -0.05) is 96.1 Å². The van der Waals surface area contributed by atoms with E-state index in [1.54, 1.807) is 0 Å². The summed E-state index contributed by atoms with van der Waals surface area (Å²) in [5, 5.41) is 2.45. The number of benzene rings is 4. The third-order valence-corrected chi connectivity index (χ3v) is 6.92. The Morgan fingerprint density at radius 2 is 1.09 bits per heavy atom. The molecule has 2 heteroatoms. The van der Waals surface area contributed by atoms with Crippen molar-refractivity contribution >= 4 is 27.6 Å². The minimum atomic E-state index is 0.0359. The average Bonchev–Trinajstić information content (AvgIpc) is 3.16. The van der Waals surface area contributed by atoms with E-state index < -0.39 is 0 Å². The Hall–Kier alpha value is -3.65. The minimum absolute atomic E-state index is 0.0359. The van der Waals surface area contributed by atoms with Crippen molar-refractivity contribution in [2.45, 2.75) is 52.4 Å². The van der Waals surface area contributed by atoms with Crippen LogP contribution in [0, 0.1) is 0 Å². The van der Waals surface area contributed by atoms with E-state index in [-0.39, 0.29) is 16.6 Å². The Morgan fingerprint density at radius 3 is 1.60 bits per heavy atom. The van der Waals surface area contributed by atoms with Gasteiger partial charge >= 0.3 is 0 Å². The van der Waals surface area contributed by atoms with Crippen LogP contribution in [-0.4, -0.2) is 10.4 Å². The van der Waals surface area contributed by atoms with Crippen molar-refractivity contribution in [2.75, 3.05) is 0 Å². The fourth-order valence-corrected chi connectivity index (χ4v) is 4.82. The van der Waals surface area contributed by atoms with Gasteiger partial charge in [0.05, 0.1) is 16.7 Å². The number of hydrogen-bond donors (Lipinski definition) is 0. The van der Waals surface area contributed by atoms with Gasteiger partial charge in [0.25, 0.3) is 0 Å². The van der Waals surface area contributed by atoms with Gasteiger partial charge in [-0.3, -0.25) is 4.79 Å².